The smallest absolute Gasteiger partial charge is 0.253 e. The average molecular weight is 337 g/mol. The molecule has 1 aliphatic heterocycles. The Bertz CT molecular complexity index is 729. The largest absolute Gasteiger partial charge is 0.399 e. The highest BCUT2D eigenvalue weighted by molar-refractivity contribution is 5.96. The summed E-state index contributed by atoms with van der Waals surface area (Å²) in [6.45, 7) is 5.88. The molecule has 0 bridgehead atoms. The number of aryl methyl sites for hydroxylation is 1. The number of anilines is 1. The van der Waals surface area contributed by atoms with Crippen LogP contribution in [0.5, 0.6) is 0 Å². The van der Waals surface area contributed by atoms with Gasteiger partial charge in [0.2, 0.25) is 0 Å². The van der Waals surface area contributed by atoms with Gasteiger partial charge in [0.25, 0.3) is 5.91 Å². The molecule has 1 fully saturated rings. The van der Waals surface area contributed by atoms with E-state index in [4.69, 9.17) is 5.73 Å². The number of nitrogens with zero attached hydrogens (tertiary/aromatic N) is 2. The molecule has 2 aromatic rings. The zero-order valence-corrected chi connectivity index (χ0v) is 15.1. The lowest BCUT2D eigenvalue weighted by atomic mass is 10.0. The molecule has 1 aliphatic rings. The molecule has 132 valence electrons. The number of hydrogen-bond acceptors (Lipinski definition) is 3. The third-order valence-electron chi connectivity index (χ3n) is 4.99. The van der Waals surface area contributed by atoms with Gasteiger partial charge in [0.05, 0.1) is 0 Å². The van der Waals surface area contributed by atoms with Gasteiger partial charge in [-0.1, -0.05) is 36.4 Å². The highest BCUT2D eigenvalue weighted by Crippen LogP contribution is 2.21. The molecule has 2 N–H and O–H groups in total. The van der Waals surface area contributed by atoms with Crippen LogP contribution in [0.3, 0.4) is 0 Å². The first kappa shape index (κ1) is 17.5. The monoisotopic (exact) mass is 337 g/mol. The molecule has 0 radical (unpaired) electrons. The van der Waals surface area contributed by atoms with E-state index < -0.39 is 0 Å². The Morgan fingerprint density at radius 1 is 1.24 bits per heavy atom. The van der Waals surface area contributed by atoms with Gasteiger partial charge < -0.3 is 10.6 Å². The van der Waals surface area contributed by atoms with E-state index in [-0.39, 0.29) is 5.91 Å². The number of likely N-dealkylation sites (tertiary alicyclic amines) is 1. The third-order valence-corrected chi connectivity index (χ3v) is 4.99. The van der Waals surface area contributed by atoms with E-state index in [1.807, 2.05) is 31.0 Å². The van der Waals surface area contributed by atoms with E-state index in [1.165, 1.54) is 5.56 Å². The standard InChI is InChI=1S/C21H27N3O/c1-16-8-9-19(22)12-20(16)21(25)23(2)13-18-10-11-24(15-18)14-17-6-4-3-5-7-17/h3-9,12,18H,10-11,13-15,22H2,1-2H3. The minimum Gasteiger partial charge on any atom is -0.399 e. The van der Waals surface area contributed by atoms with Gasteiger partial charge >= 0.3 is 0 Å². The Balaban J connectivity index is 1.56. The quantitative estimate of drug-likeness (QED) is 0.853. The highest BCUT2D eigenvalue weighted by Gasteiger charge is 2.25. The lowest BCUT2D eigenvalue weighted by molar-refractivity contribution is 0.0772. The van der Waals surface area contributed by atoms with Gasteiger partial charge in [0.15, 0.2) is 0 Å². The van der Waals surface area contributed by atoms with Crippen LogP contribution in [0.1, 0.15) is 27.9 Å². The Labute approximate surface area is 150 Å². The molecule has 0 saturated carbocycles. The van der Waals surface area contributed by atoms with Crippen LogP contribution in [0.2, 0.25) is 0 Å². The predicted octanol–water partition coefficient (Wildman–Crippen LogP) is 3.17. The molecule has 1 atom stereocenters. The number of nitrogen functional groups attached to an aromatic ring is 1. The summed E-state index contributed by atoms with van der Waals surface area (Å²) in [5.74, 6) is 0.588. The minimum atomic E-state index is 0.0614. The zero-order chi connectivity index (χ0) is 17.8. The summed E-state index contributed by atoms with van der Waals surface area (Å²) in [5, 5.41) is 0. The Hall–Kier alpha value is -2.33. The summed E-state index contributed by atoms with van der Waals surface area (Å²) in [5.41, 5.74) is 9.51. The first-order valence-electron chi connectivity index (χ1n) is 8.91. The number of hydrogen-bond donors (Lipinski definition) is 1. The second-order valence-corrected chi connectivity index (χ2v) is 7.14. The van der Waals surface area contributed by atoms with E-state index in [0.717, 1.165) is 38.2 Å². The summed E-state index contributed by atoms with van der Waals surface area (Å²) in [7, 11) is 1.89. The number of amides is 1. The zero-order valence-electron chi connectivity index (χ0n) is 15.1. The molecule has 1 saturated heterocycles. The number of rotatable bonds is 5. The van der Waals surface area contributed by atoms with Crippen molar-refractivity contribution in [1.29, 1.82) is 0 Å². The molecule has 4 heteroatoms. The van der Waals surface area contributed by atoms with Crippen LogP contribution in [0.15, 0.2) is 48.5 Å². The normalized spacial score (nSPS) is 17.6. The summed E-state index contributed by atoms with van der Waals surface area (Å²) in [6, 6.07) is 16.1. The summed E-state index contributed by atoms with van der Waals surface area (Å²) in [4.78, 5) is 17.1. The molecule has 1 heterocycles. The first-order valence-corrected chi connectivity index (χ1v) is 8.91. The fraction of sp³-hybridized carbons (Fsp3) is 0.381. The molecular formula is C21H27N3O. The summed E-state index contributed by atoms with van der Waals surface area (Å²) < 4.78 is 0. The van der Waals surface area contributed by atoms with Crippen molar-refractivity contribution in [2.24, 2.45) is 5.92 Å². The Morgan fingerprint density at radius 3 is 2.76 bits per heavy atom. The Morgan fingerprint density at radius 2 is 2.00 bits per heavy atom. The van der Waals surface area contributed by atoms with Gasteiger partial charge in [-0.2, -0.15) is 0 Å². The second kappa shape index (κ2) is 7.70. The van der Waals surface area contributed by atoms with E-state index >= 15 is 0 Å². The molecular weight excluding hydrogens is 310 g/mol. The highest BCUT2D eigenvalue weighted by atomic mass is 16.2. The van der Waals surface area contributed by atoms with Crippen LogP contribution in [-0.2, 0) is 6.54 Å². The van der Waals surface area contributed by atoms with E-state index in [0.29, 0.717) is 17.2 Å². The molecule has 4 nitrogen and oxygen atoms in total. The molecule has 3 rings (SSSR count). The van der Waals surface area contributed by atoms with Gasteiger partial charge in [-0.25, -0.2) is 0 Å². The molecule has 0 aromatic heterocycles. The fourth-order valence-electron chi connectivity index (χ4n) is 3.59. The van der Waals surface area contributed by atoms with Crippen LogP contribution < -0.4 is 5.73 Å². The van der Waals surface area contributed by atoms with Crippen LogP contribution in [-0.4, -0.2) is 42.4 Å². The van der Waals surface area contributed by atoms with Crippen LogP contribution in [0, 0.1) is 12.8 Å². The van der Waals surface area contributed by atoms with Crippen molar-refractivity contribution in [2.75, 3.05) is 32.4 Å². The van der Waals surface area contributed by atoms with Gasteiger partial charge in [-0.3, -0.25) is 9.69 Å². The average Bonchev–Trinajstić information content (AvgIpc) is 3.04. The molecule has 1 amide bonds. The molecule has 1 unspecified atom stereocenters. The van der Waals surface area contributed by atoms with E-state index in [2.05, 4.69) is 35.2 Å². The van der Waals surface area contributed by atoms with E-state index in [1.54, 1.807) is 6.07 Å². The number of carbonyl (C=O) groups is 1. The molecule has 2 aromatic carbocycles. The Kier molecular flexibility index (Phi) is 5.39. The summed E-state index contributed by atoms with van der Waals surface area (Å²) in [6.07, 6.45) is 1.14. The molecule has 0 spiro atoms. The van der Waals surface area contributed by atoms with Crippen LogP contribution in [0.25, 0.3) is 0 Å². The lowest BCUT2D eigenvalue weighted by Gasteiger charge is -2.23. The number of carbonyl (C=O) groups excluding carboxylic acids is 1. The van der Waals surface area contributed by atoms with Crippen LogP contribution in [0.4, 0.5) is 5.69 Å². The van der Waals surface area contributed by atoms with Gasteiger partial charge in [0.1, 0.15) is 0 Å². The third kappa shape index (κ3) is 4.40. The van der Waals surface area contributed by atoms with Crippen molar-refractivity contribution in [1.82, 2.24) is 9.80 Å². The number of nitrogens with two attached hydrogens (primary N) is 1. The number of benzene rings is 2. The predicted molar refractivity (Wildman–Crippen MR) is 102 cm³/mol. The van der Waals surface area contributed by atoms with Crippen molar-refractivity contribution in [3.05, 3.63) is 65.2 Å². The first-order chi connectivity index (χ1) is 12.0. The molecule has 25 heavy (non-hydrogen) atoms. The lowest BCUT2D eigenvalue weighted by Crippen LogP contribution is -2.33. The van der Waals surface area contributed by atoms with E-state index in [9.17, 15) is 4.79 Å². The SMILES string of the molecule is Cc1ccc(N)cc1C(=O)N(C)CC1CCN(Cc2ccccc2)C1. The second-order valence-electron chi connectivity index (χ2n) is 7.14. The van der Waals surface area contributed by atoms with Crippen molar-refractivity contribution in [3.63, 3.8) is 0 Å². The van der Waals surface area contributed by atoms with Crippen molar-refractivity contribution in [2.45, 2.75) is 19.9 Å². The minimum absolute atomic E-state index is 0.0614. The maximum absolute atomic E-state index is 12.7. The van der Waals surface area contributed by atoms with Gasteiger partial charge in [-0.05, 0) is 49.1 Å². The van der Waals surface area contributed by atoms with Crippen molar-refractivity contribution < 1.29 is 4.79 Å². The van der Waals surface area contributed by atoms with Gasteiger partial charge in [0, 0.05) is 37.9 Å². The maximum Gasteiger partial charge on any atom is 0.253 e. The molecule has 0 aliphatic carbocycles. The van der Waals surface area contributed by atoms with Crippen LogP contribution >= 0.6 is 0 Å². The van der Waals surface area contributed by atoms with Crippen molar-refractivity contribution >= 4 is 11.6 Å². The maximum atomic E-state index is 12.7. The summed E-state index contributed by atoms with van der Waals surface area (Å²) >= 11 is 0. The van der Waals surface area contributed by atoms with Gasteiger partial charge in [-0.15, -0.1) is 0 Å². The topological polar surface area (TPSA) is 49.6 Å². The fourth-order valence-corrected chi connectivity index (χ4v) is 3.59. The van der Waals surface area contributed by atoms with Crippen molar-refractivity contribution in [3.8, 4) is 0 Å².